The van der Waals surface area contributed by atoms with Gasteiger partial charge < -0.3 is 15.0 Å². The van der Waals surface area contributed by atoms with Gasteiger partial charge in [0.15, 0.2) is 0 Å². The molecule has 0 aliphatic rings. The van der Waals surface area contributed by atoms with Crippen LogP contribution in [0.1, 0.15) is 30.5 Å². The summed E-state index contributed by atoms with van der Waals surface area (Å²) in [5.74, 6) is -1.50. The highest BCUT2D eigenvalue weighted by atomic mass is 32.2. The topological polar surface area (TPSA) is 139 Å². The van der Waals surface area contributed by atoms with Crippen LogP contribution in [-0.4, -0.2) is 55.8 Å². The lowest BCUT2D eigenvalue weighted by Gasteiger charge is -2.34. The van der Waals surface area contributed by atoms with Crippen LogP contribution in [0.4, 0.5) is 15.8 Å². The number of rotatable bonds is 14. The quantitative estimate of drug-likeness (QED) is 0.139. The number of hydrogen-bond acceptors (Lipinski definition) is 7. The fourth-order valence-electron chi connectivity index (χ4n) is 5.10. The third-order valence-corrected chi connectivity index (χ3v) is 9.37. The summed E-state index contributed by atoms with van der Waals surface area (Å²) in [7, 11) is -3.18. The van der Waals surface area contributed by atoms with Gasteiger partial charge in [-0.15, -0.1) is 0 Å². The molecule has 0 saturated carbocycles. The van der Waals surface area contributed by atoms with E-state index >= 15 is 4.39 Å². The van der Waals surface area contributed by atoms with E-state index in [0.29, 0.717) is 5.75 Å². The number of amides is 2. The number of anilines is 1. The molecule has 11 nitrogen and oxygen atoms in total. The molecule has 48 heavy (non-hydrogen) atoms. The Kier molecular flexibility index (Phi) is 11.5. The molecule has 0 aromatic heterocycles. The van der Waals surface area contributed by atoms with Crippen LogP contribution in [0.3, 0.4) is 0 Å². The number of methoxy groups -OCH3 is 1. The Labute approximate surface area is 279 Å². The number of ether oxygens (including phenoxy) is 1. The van der Waals surface area contributed by atoms with E-state index in [9.17, 15) is 28.1 Å². The van der Waals surface area contributed by atoms with Crippen molar-refractivity contribution >= 4 is 33.2 Å². The van der Waals surface area contributed by atoms with Crippen LogP contribution in [0.25, 0.3) is 0 Å². The Morgan fingerprint density at radius 2 is 1.60 bits per heavy atom. The van der Waals surface area contributed by atoms with Gasteiger partial charge in [-0.3, -0.25) is 24.0 Å². The molecule has 13 heteroatoms. The zero-order valence-corrected chi connectivity index (χ0v) is 27.8. The van der Waals surface area contributed by atoms with Crippen LogP contribution in [0.5, 0.6) is 5.75 Å². The Morgan fingerprint density at radius 1 is 0.958 bits per heavy atom. The van der Waals surface area contributed by atoms with E-state index in [1.54, 1.807) is 44.2 Å². The lowest BCUT2D eigenvalue weighted by atomic mass is 10.0. The summed E-state index contributed by atoms with van der Waals surface area (Å²) in [6.07, 6.45) is 0.0546. The van der Waals surface area contributed by atoms with Crippen molar-refractivity contribution in [3.63, 3.8) is 0 Å². The second kappa shape index (κ2) is 15.5. The number of nitro benzene ring substituents is 1. The van der Waals surface area contributed by atoms with Gasteiger partial charge in [-0.1, -0.05) is 54.6 Å². The Hall–Kier alpha value is -5.30. The number of benzene rings is 4. The second-order valence-corrected chi connectivity index (χ2v) is 13.3. The minimum atomic E-state index is -4.61. The number of hydrogen-bond donors (Lipinski definition) is 1. The molecule has 2 amide bonds. The summed E-state index contributed by atoms with van der Waals surface area (Å²) in [6, 6.07) is 22.7. The van der Waals surface area contributed by atoms with E-state index < -0.39 is 55.7 Å². The van der Waals surface area contributed by atoms with Crippen LogP contribution in [0.15, 0.2) is 102 Å². The first kappa shape index (κ1) is 35.6. The summed E-state index contributed by atoms with van der Waals surface area (Å²) in [5, 5.41) is 14.5. The monoisotopic (exact) mass is 676 g/mol. The summed E-state index contributed by atoms with van der Waals surface area (Å²) < 4.78 is 49.6. The molecule has 0 aliphatic heterocycles. The van der Waals surface area contributed by atoms with Crippen molar-refractivity contribution in [1.29, 1.82) is 0 Å². The molecule has 0 saturated heterocycles. The highest BCUT2D eigenvalue weighted by molar-refractivity contribution is 7.92. The maximum absolute atomic E-state index is 15.0. The van der Waals surface area contributed by atoms with Gasteiger partial charge in [0, 0.05) is 36.2 Å². The van der Waals surface area contributed by atoms with Crippen molar-refractivity contribution in [2.24, 2.45) is 0 Å². The SMILES string of the molecule is COc1ccc(N(CC(=O)N(Cc2ccccc2F)[C@H](Cc2ccccc2)C(=O)NC(C)C)S(=O)(=O)c2ccc(C)c([N+](=O)[O-])c2)cc1. The first-order valence-corrected chi connectivity index (χ1v) is 16.5. The molecule has 252 valence electrons. The molecule has 4 aromatic rings. The lowest BCUT2D eigenvalue weighted by molar-refractivity contribution is -0.385. The fourth-order valence-corrected chi connectivity index (χ4v) is 6.53. The second-order valence-electron chi connectivity index (χ2n) is 11.4. The van der Waals surface area contributed by atoms with E-state index in [1.165, 1.54) is 73.5 Å². The molecule has 0 radical (unpaired) electrons. The van der Waals surface area contributed by atoms with Gasteiger partial charge >= 0.3 is 0 Å². The third-order valence-electron chi connectivity index (χ3n) is 7.61. The maximum atomic E-state index is 15.0. The number of nitro groups is 1. The summed E-state index contributed by atoms with van der Waals surface area (Å²) >= 11 is 0. The van der Waals surface area contributed by atoms with Gasteiger partial charge in [-0.25, -0.2) is 12.8 Å². The van der Waals surface area contributed by atoms with Gasteiger partial charge in [0.05, 0.1) is 22.6 Å². The normalized spacial score (nSPS) is 11.9. The number of sulfonamides is 1. The van der Waals surface area contributed by atoms with Crippen molar-refractivity contribution in [3.05, 3.63) is 130 Å². The van der Waals surface area contributed by atoms with Gasteiger partial charge in [-0.05, 0) is 62.7 Å². The molecule has 4 rings (SSSR count). The molecule has 0 fully saturated rings. The van der Waals surface area contributed by atoms with E-state index in [2.05, 4.69) is 5.32 Å². The summed E-state index contributed by atoms with van der Waals surface area (Å²) in [5.41, 5.74) is 0.742. The van der Waals surface area contributed by atoms with Crippen LogP contribution < -0.4 is 14.4 Å². The largest absolute Gasteiger partial charge is 0.497 e. The highest BCUT2D eigenvalue weighted by Gasteiger charge is 2.35. The first-order valence-electron chi connectivity index (χ1n) is 15.1. The van der Waals surface area contributed by atoms with Gasteiger partial charge in [0.2, 0.25) is 11.8 Å². The number of carbonyl (C=O) groups is 2. The van der Waals surface area contributed by atoms with E-state index in [1.807, 2.05) is 6.07 Å². The van der Waals surface area contributed by atoms with Crippen molar-refractivity contribution < 1.29 is 32.1 Å². The van der Waals surface area contributed by atoms with E-state index in [0.717, 1.165) is 15.9 Å². The maximum Gasteiger partial charge on any atom is 0.273 e. The molecule has 0 unspecified atom stereocenters. The summed E-state index contributed by atoms with van der Waals surface area (Å²) in [4.78, 5) is 40.0. The molecular weight excluding hydrogens is 639 g/mol. The predicted molar refractivity (Wildman–Crippen MR) is 180 cm³/mol. The van der Waals surface area contributed by atoms with Crippen molar-refractivity contribution in [2.45, 2.75) is 50.7 Å². The van der Waals surface area contributed by atoms with E-state index in [4.69, 9.17) is 4.74 Å². The molecule has 0 aliphatic carbocycles. The summed E-state index contributed by atoms with van der Waals surface area (Å²) in [6.45, 7) is 3.85. The Balaban J connectivity index is 1.85. The smallest absolute Gasteiger partial charge is 0.273 e. The minimum absolute atomic E-state index is 0.0546. The lowest BCUT2D eigenvalue weighted by Crippen LogP contribution is -2.54. The number of carbonyl (C=O) groups excluding carboxylic acids is 2. The first-order chi connectivity index (χ1) is 22.8. The standard InChI is InChI=1S/C35H37FN4O7S/c1-24(2)37-35(42)33(20-26-10-6-5-7-11-26)38(22-27-12-8-9-13-31(27)36)34(41)23-39(28-15-17-29(47-4)18-16-28)48(45,46)30-19-14-25(3)32(21-30)40(43)44/h5-19,21,24,33H,20,22-23H2,1-4H3,(H,37,42)/t33-/m1/s1. The molecular formula is C35H37FN4O7S. The number of halogens is 1. The number of aryl methyl sites for hydroxylation is 1. The fraction of sp³-hybridized carbons (Fsp3) is 0.257. The molecule has 0 heterocycles. The Morgan fingerprint density at radius 3 is 2.21 bits per heavy atom. The molecule has 0 spiro atoms. The van der Waals surface area contributed by atoms with Crippen molar-refractivity contribution in [1.82, 2.24) is 10.2 Å². The highest BCUT2D eigenvalue weighted by Crippen LogP contribution is 2.30. The van der Waals surface area contributed by atoms with Gasteiger partial charge in [-0.2, -0.15) is 0 Å². The van der Waals surface area contributed by atoms with Crippen LogP contribution >= 0.6 is 0 Å². The van der Waals surface area contributed by atoms with Crippen LogP contribution in [-0.2, 0) is 32.6 Å². The van der Waals surface area contributed by atoms with Gasteiger partial charge in [0.25, 0.3) is 15.7 Å². The number of nitrogens with one attached hydrogen (secondary N) is 1. The van der Waals surface area contributed by atoms with Crippen LogP contribution in [0, 0.1) is 22.9 Å². The van der Waals surface area contributed by atoms with Crippen molar-refractivity contribution in [2.75, 3.05) is 18.0 Å². The Bertz CT molecular complexity index is 1870. The average molecular weight is 677 g/mol. The number of nitrogens with zero attached hydrogens (tertiary/aromatic N) is 3. The third kappa shape index (κ3) is 8.53. The minimum Gasteiger partial charge on any atom is -0.497 e. The molecule has 0 bridgehead atoms. The van der Waals surface area contributed by atoms with Crippen LogP contribution in [0.2, 0.25) is 0 Å². The predicted octanol–water partition coefficient (Wildman–Crippen LogP) is 5.41. The van der Waals surface area contributed by atoms with E-state index in [-0.39, 0.29) is 35.8 Å². The van der Waals surface area contributed by atoms with Gasteiger partial charge in [0.1, 0.15) is 24.2 Å². The average Bonchev–Trinajstić information content (AvgIpc) is 3.06. The zero-order chi connectivity index (χ0) is 35.0. The van der Waals surface area contributed by atoms with Crippen molar-refractivity contribution in [3.8, 4) is 5.75 Å². The molecule has 1 N–H and O–H groups in total. The zero-order valence-electron chi connectivity index (χ0n) is 27.0. The molecule has 4 aromatic carbocycles. The molecule has 1 atom stereocenters.